The molecule has 3 rings (SSSR count). The Bertz CT molecular complexity index is 1250. The van der Waals surface area contributed by atoms with Gasteiger partial charge < -0.3 is 14.2 Å². The number of aromatic nitrogens is 2. The second-order valence-electron chi connectivity index (χ2n) is 7.04. The normalized spacial score (nSPS) is 11.3. The van der Waals surface area contributed by atoms with Gasteiger partial charge in [0.25, 0.3) is 5.56 Å². The van der Waals surface area contributed by atoms with Gasteiger partial charge in [-0.2, -0.15) is 9.78 Å². The van der Waals surface area contributed by atoms with Gasteiger partial charge >= 0.3 is 5.97 Å². The maximum atomic E-state index is 12.9. The van der Waals surface area contributed by atoms with E-state index < -0.39 is 5.97 Å². The molecule has 0 saturated heterocycles. The molecule has 0 spiro atoms. The first-order valence-electron chi connectivity index (χ1n) is 9.62. The summed E-state index contributed by atoms with van der Waals surface area (Å²) < 4.78 is 18.6. The number of hydrogen-bond acceptors (Lipinski definition) is 7. The predicted octanol–water partition coefficient (Wildman–Crippen LogP) is 4.45. The Balaban J connectivity index is 1.90. The lowest BCUT2D eigenvalue weighted by atomic mass is 10.2. The van der Waals surface area contributed by atoms with E-state index in [0.717, 1.165) is 4.47 Å². The molecule has 0 fully saturated rings. The van der Waals surface area contributed by atoms with Crippen molar-refractivity contribution in [2.24, 2.45) is 5.10 Å². The number of aryl methyl sites for hydroxylation is 1. The average molecular weight is 567 g/mol. The van der Waals surface area contributed by atoms with Gasteiger partial charge in [-0.05, 0) is 72.6 Å². The fraction of sp³-hybridized carbons (Fsp3) is 0.273. The van der Waals surface area contributed by atoms with E-state index in [2.05, 4.69) is 41.9 Å². The average Bonchev–Trinajstić information content (AvgIpc) is 2.72. The summed E-state index contributed by atoms with van der Waals surface area (Å²) in [4.78, 5) is 29.1. The van der Waals surface area contributed by atoms with Crippen molar-refractivity contribution in [2.45, 2.75) is 26.9 Å². The number of nitrogens with zero attached hydrogens (tertiary/aromatic N) is 3. The summed E-state index contributed by atoms with van der Waals surface area (Å²) >= 11 is 6.81. The van der Waals surface area contributed by atoms with Crippen LogP contribution in [0, 0.1) is 6.92 Å². The van der Waals surface area contributed by atoms with Crippen LogP contribution < -0.4 is 15.0 Å². The molecule has 3 aromatic rings. The Kier molecular flexibility index (Phi) is 7.68. The van der Waals surface area contributed by atoms with E-state index in [1.165, 1.54) is 18.0 Å². The molecule has 0 amide bonds. The maximum absolute atomic E-state index is 12.9. The summed E-state index contributed by atoms with van der Waals surface area (Å²) in [5.74, 6) is 0.722. The molecule has 0 atom stereocenters. The minimum absolute atomic E-state index is 0.229. The highest BCUT2D eigenvalue weighted by Gasteiger charge is 2.15. The van der Waals surface area contributed by atoms with Crippen LogP contribution in [0.1, 0.15) is 25.2 Å². The Morgan fingerprint density at radius 2 is 2.00 bits per heavy atom. The van der Waals surface area contributed by atoms with Crippen molar-refractivity contribution in [3.63, 3.8) is 0 Å². The van der Waals surface area contributed by atoms with Crippen molar-refractivity contribution >= 4 is 54.9 Å². The van der Waals surface area contributed by atoms with E-state index in [1.807, 2.05) is 6.07 Å². The summed E-state index contributed by atoms with van der Waals surface area (Å²) in [6.45, 7) is 4.98. The Labute approximate surface area is 201 Å². The molecule has 2 aromatic carbocycles. The molecule has 0 bridgehead atoms. The molecular formula is C22H21Br2N3O5. The summed E-state index contributed by atoms with van der Waals surface area (Å²) in [7, 11) is 1.49. The standard InChI is InChI=1S/C22H21Br2N3O5/c1-12(2)32-20(28)11-31-21-17(24)7-14(8-19(21)30-4)10-25-27-13(3)26-18-6-5-15(23)9-16(18)22(27)29/h5-10,12H,11H2,1-4H3. The van der Waals surface area contributed by atoms with Crippen molar-refractivity contribution in [3.05, 3.63) is 61.0 Å². The zero-order valence-corrected chi connectivity index (χ0v) is 21.1. The van der Waals surface area contributed by atoms with Crippen molar-refractivity contribution in [3.8, 4) is 11.5 Å². The molecule has 0 aliphatic rings. The number of esters is 1. The number of methoxy groups -OCH3 is 1. The first-order chi connectivity index (χ1) is 15.2. The van der Waals surface area contributed by atoms with Gasteiger partial charge in [-0.25, -0.2) is 9.78 Å². The first-order valence-corrected chi connectivity index (χ1v) is 11.2. The van der Waals surface area contributed by atoms with Crippen LogP contribution in [-0.2, 0) is 9.53 Å². The molecular weight excluding hydrogens is 546 g/mol. The quantitative estimate of drug-likeness (QED) is 0.310. The molecule has 0 N–H and O–H groups in total. The van der Waals surface area contributed by atoms with E-state index in [4.69, 9.17) is 14.2 Å². The second-order valence-corrected chi connectivity index (χ2v) is 8.81. The number of halogens is 2. The van der Waals surface area contributed by atoms with E-state index in [1.54, 1.807) is 45.0 Å². The van der Waals surface area contributed by atoms with Crippen LogP contribution in [0.25, 0.3) is 10.9 Å². The highest BCUT2D eigenvalue weighted by molar-refractivity contribution is 9.10. The molecule has 168 valence electrons. The zero-order valence-electron chi connectivity index (χ0n) is 17.9. The van der Waals surface area contributed by atoms with Crippen molar-refractivity contribution in [1.29, 1.82) is 0 Å². The lowest BCUT2D eigenvalue weighted by Gasteiger charge is -2.14. The Morgan fingerprint density at radius 1 is 1.25 bits per heavy atom. The molecule has 10 heteroatoms. The van der Waals surface area contributed by atoms with Crippen LogP contribution in [0.4, 0.5) is 0 Å². The molecule has 0 radical (unpaired) electrons. The monoisotopic (exact) mass is 565 g/mol. The molecule has 8 nitrogen and oxygen atoms in total. The topological polar surface area (TPSA) is 92.0 Å². The fourth-order valence-corrected chi connectivity index (χ4v) is 3.84. The zero-order chi connectivity index (χ0) is 23.4. The number of rotatable bonds is 7. The van der Waals surface area contributed by atoms with Gasteiger partial charge in [0, 0.05) is 4.47 Å². The third kappa shape index (κ3) is 5.55. The fourth-order valence-electron chi connectivity index (χ4n) is 2.90. The minimum atomic E-state index is -0.482. The Morgan fingerprint density at radius 3 is 2.69 bits per heavy atom. The van der Waals surface area contributed by atoms with Gasteiger partial charge in [-0.3, -0.25) is 4.79 Å². The van der Waals surface area contributed by atoms with Crippen molar-refractivity contribution in [2.75, 3.05) is 13.7 Å². The second kappa shape index (κ2) is 10.3. The molecule has 1 heterocycles. The number of carbonyl (C=O) groups is 1. The van der Waals surface area contributed by atoms with Gasteiger partial charge in [0.05, 0.1) is 34.8 Å². The minimum Gasteiger partial charge on any atom is -0.493 e. The number of ether oxygens (including phenoxy) is 3. The van der Waals surface area contributed by atoms with Crippen LogP contribution in [0.15, 0.2) is 49.2 Å². The van der Waals surface area contributed by atoms with Crippen LogP contribution >= 0.6 is 31.9 Å². The molecule has 1 aromatic heterocycles. The Hall–Kier alpha value is -2.72. The third-order valence-corrected chi connectivity index (χ3v) is 5.33. The van der Waals surface area contributed by atoms with Gasteiger partial charge in [0.1, 0.15) is 5.82 Å². The summed E-state index contributed by atoms with van der Waals surface area (Å²) in [6.07, 6.45) is 1.29. The van der Waals surface area contributed by atoms with E-state index in [0.29, 0.717) is 38.3 Å². The highest BCUT2D eigenvalue weighted by Crippen LogP contribution is 2.36. The van der Waals surface area contributed by atoms with E-state index in [9.17, 15) is 9.59 Å². The highest BCUT2D eigenvalue weighted by atomic mass is 79.9. The number of hydrogen-bond donors (Lipinski definition) is 0. The smallest absolute Gasteiger partial charge is 0.344 e. The maximum Gasteiger partial charge on any atom is 0.344 e. The van der Waals surface area contributed by atoms with E-state index in [-0.39, 0.29) is 18.3 Å². The molecule has 0 aliphatic heterocycles. The number of benzene rings is 2. The predicted molar refractivity (Wildman–Crippen MR) is 129 cm³/mol. The largest absolute Gasteiger partial charge is 0.493 e. The molecule has 0 unspecified atom stereocenters. The summed E-state index contributed by atoms with van der Waals surface area (Å²) in [5.41, 5.74) is 0.968. The van der Waals surface area contributed by atoms with Crippen LogP contribution in [0.3, 0.4) is 0 Å². The van der Waals surface area contributed by atoms with E-state index >= 15 is 0 Å². The first kappa shape index (κ1) is 23.9. The molecule has 32 heavy (non-hydrogen) atoms. The summed E-state index contributed by atoms with van der Waals surface area (Å²) in [5, 5.41) is 4.77. The lowest BCUT2D eigenvalue weighted by Crippen LogP contribution is -2.20. The van der Waals surface area contributed by atoms with Crippen molar-refractivity contribution in [1.82, 2.24) is 9.66 Å². The van der Waals surface area contributed by atoms with Crippen molar-refractivity contribution < 1.29 is 19.0 Å². The lowest BCUT2D eigenvalue weighted by molar-refractivity contribution is -0.149. The van der Waals surface area contributed by atoms with Crippen LogP contribution in [0.5, 0.6) is 11.5 Å². The number of fused-ring (bicyclic) bond motifs is 1. The van der Waals surface area contributed by atoms with Gasteiger partial charge in [0.2, 0.25) is 0 Å². The SMILES string of the molecule is COc1cc(C=Nn2c(C)nc3ccc(Br)cc3c2=O)cc(Br)c1OCC(=O)OC(C)C. The molecule has 0 saturated carbocycles. The number of carbonyl (C=O) groups excluding carboxylic acids is 1. The van der Waals surface area contributed by atoms with Gasteiger partial charge in [-0.1, -0.05) is 15.9 Å². The van der Waals surface area contributed by atoms with Crippen LogP contribution in [0.2, 0.25) is 0 Å². The van der Waals surface area contributed by atoms with Crippen LogP contribution in [-0.4, -0.2) is 41.7 Å². The third-order valence-electron chi connectivity index (χ3n) is 4.25. The summed E-state index contributed by atoms with van der Waals surface area (Å²) in [6, 6.07) is 8.74. The van der Waals surface area contributed by atoms with Gasteiger partial charge in [0.15, 0.2) is 18.1 Å². The van der Waals surface area contributed by atoms with Gasteiger partial charge in [-0.15, -0.1) is 0 Å². The molecule has 0 aliphatic carbocycles.